The van der Waals surface area contributed by atoms with Gasteiger partial charge in [0.1, 0.15) is 15.2 Å². The topological polar surface area (TPSA) is 98.7 Å². The van der Waals surface area contributed by atoms with Crippen LogP contribution >= 0.6 is 15.2 Å². The summed E-state index contributed by atoms with van der Waals surface area (Å²) in [5.41, 5.74) is 0. The molecule has 25 heavy (non-hydrogen) atoms. The Kier molecular flexibility index (Phi) is 23.9. The minimum atomic E-state index is -3.49. The van der Waals surface area contributed by atoms with Crippen molar-refractivity contribution in [1.82, 2.24) is 0 Å². The van der Waals surface area contributed by atoms with Gasteiger partial charge in [-0.2, -0.15) is 0 Å². The summed E-state index contributed by atoms with van der Waals surface area (Å²) >= 11 is 0. The summed E-state index contributed by atoms with van der Waals surface area (Å²) in [6.07, 6.45) is 7.13. The average Bonchev–Trinajstić information content (AvgIpc) is 2.52. The van der Waals surface area contributed by atoms with Crippen molar-refractivity contribution in [3.63, 3.8) is 0 Å². The maximum atomic E-state index is 11.1. The molecule has 9 heteroatoms. The van der Waals surface area contributed by atoms with E-state index in [9.17, 15) is 18.9 Å². The standard InChI is InChI=1S/2C8H19O3P.Fe/c2*1-3-5-7-11-12(9,10)8-6-4-2;/h2*3-8H2,1-2H3,(H,9,10);/q;;+2/p-2. The van der Waals surface area contributed by atoms with Crippen molar-refractivity contribution in [2.45, 2.75) is 79.1 Å². The van der Waals surface area contributed by atoms with Crippen LogP contribution in [0, 0.1) is 0 Å². The largest absolute Gasteiger partial charge is 2.00 e. The van der Waals surface area contributed by atoms with Crippen LogP contribution in [0.1, 0.15) is 79.1 Å². The van der Waals surface area contributed by atoms with E-state index in [2.05, 4.69) is 0 Å². The van der Waals surface area contributed by atoms with Crippen LogP contribution in [-0.2, 0) is 35.2 Å². The molecule has 0 bridgehead atoms. The molecule has 0 rings (SSSR count). The van der Waals surface area contributed by atoms with E-state index in [4.69, 9.17) is 9.05 Å². The molecule has 154 valence electrons. The van der Waals surface area contributed by atoms with Crippen LogP contribution in [0.5, 0.6) is 0 Å². The molecule has 0 saturated heterocycles. The van der Waals surface area contributed by atoms with Crippen molar-refractivity contribution >= 4 is 15.2 Å². The predicted octanol–water partition coefficient (Wildman–Crippen LogP) is 4.31. The summed E-state index contributed by atoms with van der Waals surface area (Å²) in [4.78, 5) is 22.1. The maximum Gasteiger partial charge on any atom is 2.00 e. The first kappa shape index (κ1) is 30.5. The maximum absolute atomic E-state index is 11.1. The Labute approximate surface area is 165 Å². The molecule has 0 aromatic rings. The van der Waals surface area contributed by atoms with Gasteiger partial charge in [0, 0.05) is 12.3 Å². The van der Waals surface area contributed by atoms with E-state index in [1.54, 1.807) is 0 Å². The molecule has 0 N–H and O–H groups in total. The van der Waals surface area contributed by atoms with E-state index < -0.39 is 15.2 Å². The van der Waals surface area contributed by atoms with Gasteiger partial charge in [-0.1, -0.05) is 53.4 Å². The molecule has 0 aromatic carbocycles. The number of hydrogen-bond donors (Lipinski definition) is 0. The number of rotatable bonds is 14. The molecule has 0 aromatic heterocycles. The van der Waals surface area contributed by atoms with Gasteiger partial charge in [-0.25, -0.2) is 0 Å². The van der Waals surface area contributed by atoms with Crippen LogP contribution in [-0.4, -0.2) is 25.5 Å². The zero-order valence-electron chi connectivity index (χ0n) is 16.2. The Morgan fingerprint density at radius 2 is 0.920 bits per heavy atom. The molecule has 0 fully saturated rings. The summed E-state index contributed by atoms with van der Waals surface area (Å²) in [5.74, 6) is 0. The zero-order chi connectivity index (χ0) is 18.9. The van der Waals surface area contributed by atoms with E-state index in [1.807, 2.05) is 27.7 Å². The van der Waals surface area contributed by atoms with Gasteiger partial charge in [0.05, 0.1) is 13.2 Å². The fourth-order valence-corrected chi connectivity index (χ4v) is 4.01. The first-order valence-corrected chi connectivity index (χ1v) is 12.6. The first-order chi connectivity index (χ1) is 11.2. The molecule has 0 radical (unpaired) electrons. The molecular weight excluding hydrogens is 406 g/mol. The molecular formula is C16H36FeO6P2. The quantitative estimate of drug-likeness (QED) is 0.226. The molecule has 2 atom stereocenters. The van der Waals surface area contributed by atoms with Crippen molar-refractivity contribution in [2.75, 3.05) is 25.5 Å². The monoisotopic (exact) mass is 442 g/mol. The van der Waals surface area contributed by atoms with E-state index in [0.29, 0.717) is 26.1 Å². The minimum Gasteiger partial charge on any atom is -0.778 e. The summed E-state index contributed by atoms with van der Waals surface area (Å²) in [5, 5.41) is 0. The van der Waals surface area contributed by atoms with E-state index in [-0.39, 0.29) is 29.4 Å². The van der Waals surface area contributed by atoms with Crippen molar-refractivity contribution in [3.05, 3.63) is 0 Å². The van der Waals surface area contributed by atoms with Crippen LogP contribution in [0.4, 0.5) is 0 Å². The Morgan fingerprint density at radius 3 is 1.16 bits per heavy atom. The summed E-state index contributed by atoms with van der Waals surface area (Å²) in [6, 6.07) is 0. The van der Waals surface area contributed by atoms with Gasteiger partial charge < -0.3 is 28.0 Å². The van der Waals surface area contributed by atoms with Gasteiger partial charge in [0.25, 0.3) is 0 Å². The van der Waals surface area contributed by atoms with Crippen LogP contribution in [0.15, 0.2) is 0 Å². The van der Waals surface area contributed by atoms with Crippen molar-refractivity contribution in [3.8, 4) is 0 Å². The normalized spacial score (nSPS) is 15.3. The van der Waals surface area contributed by atoms with Gasteiger partial charge in [-0.15, -0.1) is 0 Å². The molecule has 6 nitrogen and oxygen atoms in total. The van der Waals surface area contributed by atoms with Gasteiger partial charge in [-0.3, -0.25) is 0 Å². The summed E-state index contributed by atoms with van der Waals surface area (Å²) < 4.78 is 31.7. The number of unbranched alkanes of at least 4 members (excludes halogenated alkanes) is 4. The SMILES string of the molecule is CCCCOP(=O)([O-])CCCC.CCCCOP(=O)([O-])CCCC.[Fe+2]. The van der Waals surface area contributed by atoms with E-state index >= 15 is 0 Å². The van der Waals surface area contributed by atoms with Gasteiger partial charge in [0.2, 0.25) is 0 Å². The molecule has 2 unspecified atom stereocenters. The summed E-state index contributed by atoms with van der Waals surface area (Å²) in [7, 11) is -6.98. The molecule has 0 saturated carbocycles. The average molecular weight is 442 g/mol. The minimum absolute atomic E-state index is 0. The first-order valence-electron chi connectivity index (χ1n) is 9.13. The second-order valence-corrected chi connectivity index (χ2v) is 9.60. The third kappa shape index (κ3) is 24.8. The van der Waals surface area contributed by atoms with Crippen LogP contribution in [0.3, 0.4) is 0 Å². The smallest absolute Gasteiger partial charge is 0.778 e. The van der Waals surface area contributed by atoms with E-state index in [0.717, 1.165) is 38.5 Å². The Bertz CT molecular complexity index is 335. The van der Waals surface area contributed by atoms with Gasteiger partial charge in [0.15, 0.2) is 0 Å². The Morgan fingerprint density at radius 1 is 0.640 bits per heavy atom. The zero-order valence-corrected chi connectivity index (χ0v) is 19.1. The molecule has 0 heterocycles. The second kappa shape index (κ2) is 19.6. The number of hydrogen-bond acceptors (Lipinski definition) is 6. The Balaban J connectivity index is -0.000000372. The fourth-order valence-electron chi connectivity index (χ4n) is 1.53. The van der Waals surface area contributed by atoms with Crippen molar-refractivity contribution in [1.29, 1.82) is 0 Å². The second-order valence-electron chi connectivity index (χ2n) is 5.75. The van der Waals surface area contributed by atoms with Crippen LogP contribution in [0.25, 0.3) is 0 Å². The molecule has 0 aliphatic rings. The van der Waals surface area contributed by atoms with E-state index in [1.165, 1.54) is 0 Å². The molecule has 0 aliphatic heterocycles. The predicted molar refractivity (Wildman–Crippen MR) is 96.5 cm³/mol. The molecule has 0 aliphatic carbocycles. The van der Waals surface area contributed by atoms with Gasteiger partial charge in [-0.05, 0) is 25.7 Å². The Hall–Kier alpha value is 0.819. The third-order valence-corrected chi connectivity index (χ3v) is 6.02. The molecule has 0 amide bonds. The van der Waals surface area contributed by atoms with Gasteiger partial charge >= 0.3 is 17.1 Å². The molecule has 0 spiro atoms. The van der Waals surface area contributed by atoms with Crippen molar-refractivity contribution in [2.24, 2.45) is 0 Å². The van der Waals surface area contributed by atoms with Crippen LogP contribution < -0.4 is 9.79 Å². The van der Waals surface area contributed by atoms with Crippen LogP contribution in [0.2, 0.25) is 0 Å². The fraction of sp³-hybridized carbons (Fsp3) is 1.00. The van der Waals surface area contributed by atoms with Crippen molar-refractivity contribution < 1.29 is 45.0 Å². The summed E-state index contributed by atoms with van der Waals surface area (Å²) in [6.45, 7) is 8.64. The third-order valence-electron chi connectivity index (χ3n) is 3.14.